The summed E-state index contributed by atoms with van der Waals surface area (Å²) in [5.74, 6) is 0.955. The molecule has 2 rings (SSSR count). The molecule has 0 aromatic heterocycles. The van der Waals surface area contributed by atoms with Gasteiger partial charge in [-0.3, -0.25) is 4.79 Å². The molecule has 1 unspecified atom stereocenters. The Morgan fingerprint density at radius 3 is 2.86 bits per heavy atom. The predicted octanol–water partition coefficient (Wildman–Crippen LogP) is 2.31. The number of likely N-dealkylation sites (tertiary alicyclic amines) is 1. The van der Waals surface area contributed by atoms with E-state index in [2.05, 4.69) is 5.32 Å². The first-order chi connectivity index (χ1) is 10.2. The number of hydrogen-bond donors (Lipinski definition) is 1. The molecule has 0 aliphatic carbocycles. The Morgan fingerprint density at radius 2 is 2.19 bits per heavy atom. The van der Waals surface area contributed by atoms with Crippen molar-refractivity contribution < 1.29 is 9.53 Å². The van der Waals surface area contributed by atoms with E-state index in [1.54, 1.807) is 6.08 Å². The maximum atomic E-state index is 12.3. The molecular weight excluding hydrogens is 264 g/mol. The molecule has 21 heavy (non-hydrogen) atoms. The molecule has 1 atom stereocenters. The second kappa shape index (κ2) is 7.84. The molecule has 4 nitrogen and oxygen atoms in total. The number of carbonyl (C=O) groups excluding carboxylic acids is 1. The average molecular weight is 288 g/mol. The minimum Gasteiger partial charge on any atom is -0.494 e. The molecule has 1 heterocycles. The number of nitrogens with zero attached hydrogens (tertiary/aromatic N) is 1. The Balaban J connectivity index is 1.95. The van der Waals surface area contributed by atoms with E-state index in [-0.39, 0.29) is 5.91 Å². The van der Waals surface area contributed by atoms with E-state index in [0.29, 0.717) is 12.6 Å². The van der Waals surface area contributed by atoms with Gasteiger partial charge in [0.1, 0.15) is 5.75 Å². The summed E-state index contributed by atoms with van der Waals surface area (Å²) in [5, 5.41) is 3.15. The van der Waals surface area contributed by atoms with Crippen LogP contribution in [0.5, 0.6) is 5.75 Å². The normalized spacial score (nSPS) is 18.4. The monoisotopic (exact) mass is 288 g/mol. The lowest BCUT2D eigenvalue weighted by atomic mass is 10.2. The number of ether oxygens (including phenoxy) is 1. The van der Waals surface area contributed by atoms with Crippen molar-refractivity contribution in [1.82, 2.24) is 10.2 Å². The Bertz CT molecular complexity index is 482. The summed E-state index contributed by atoms with van der Waals surface area (Å²) >= 11 is 0. The van der Waals surface area contributed by atoms with Gasteiger partial charge in [-0.15, -0.1) is 0 Å². The van der Waals surface area contributed by atoms with Gasteiger partial charge in [0.15, 0.2) is 0 Å². The van der Waals surface area contributed by atoms with Crippen molar-refractivity contribution in [1.29, 1.82) is 0 Å². The quantitative estimate of drug-likeness (QED) is 0.817. The van der Waals surface area contributed by atoms with E-state index in [4.69, 9.17) is 4.74 Å². The first-order valence-electron chi connectivity index (χ1n) is 7.60. The summed E-state index contributed by atoms with van der Waals surface area (Å²) in [5.41, 5.74) is 1.01. The van der Waals surface area contributed by atoms with Crippen LogP contribution in [0.1, 0.15) is 25.3 Å². The van der Waals surface area contributed by atoms with Crippen LogP contribution in [0.15, 0.2) is 30.3 Å². The standard InChI is InChI=1S/C17H24N2O2/c1-3-21-16-9-6-14(7-10-16)8-11-17(20)19-12-4-5-15(19)13-18-2/h6-11,15,18H,3-5,12-13H2,1-2H3/b11-8+. The maximum Gasteiger partial charge on any atom is 0.246 e. The molecule has 1 saturated heterocycles. The van der Waals surface area contributed by atoms with E-state index in [1.165, 1.54) is 0 Å². The SMILES string of the molecule is CCOc1ccc(/C=C/C(=O)N2CCCC2CNC)cc1. The smallest absolute Gasteiger partial charge is 0.246 e. The van der Waals surface area contributed by atoms with Gasteiger partial charge in [0, 0.05) is 25.2 Å². The van der Waals surface area contributed by atoms with Gasteiger partial charge in [0.2, 0.25) is 5.91 Å². The van der Waals surface area contributed by atoms with Gasteiger partial charge in [-0.2, -0.15) is 0 Å². The number of hydrogen-bond acceptors (Lipinski definition) is 3. The number of amides is 1. The van der Waals surface area contributed by atoms with E-state index >= 15 is 0 Å². The first-order valence-corrected chi connectivity index (χ1v) is 7.60. The van der Waals surface area contributed by atoms with Crippen molar-refractivity contribution >= 4 is 12.0 Å². The number of carbonyl (C=O) groups is 1. The summed E-state index contributed by atoms with van der Waals surface area (Å²) < 4.78 is 5.40. The van der Waals surface area contributed by atoms with E-state index in [1.807, 2.05) is 49.2 Å². The van der Waals surface area contributed by atoms with Crippen molar-refractivity contribution in [3.63, 3.8) is 0 Å². The summed E-state index contributed by atoms with van der Waals surface area (Å²) in [6.07, 6.45) is 5.72. The maximum absolute atomic E-state index is 12.3. The van der Waals surface area contributed by atoms with Crippen molar-refractivity contribution in [2.45, 2.75) is 25.8 Å². The van der Waals surface area contributed by atoms with Gasteiger partial charge in [0.25, 0.3) is 0 Å². The van der Waals surface area contributed by atoms with Gasteiger partial charge in [-0.25, -0.2) is 0 Å². The lowest BCUT2D eigenvalue weighted by Crippen LogP contribution is -2.39. The van der Waals surface area contributed by atoms with Crippen LogP contribution in [0.2, 0.25) is 0 Å². The van der Waals surface area contributed by atoms with Crippen LogP contribution in [-0.4, -0.2) is 43.6 Å². The Labute approximate surface area is 126 Å². The first kappa shape index (κ1) is 15.6. The van der Waals surface area contributed by atoms with Crippen molar-refractivity contribution in [2.24, 2.45) is 0 Å². The third-order valence-electron chi connectivity index (χ3n) is 3.71. The molecule has 114 valence electrons. The minimum absolute atomic E-state index is 0.0987. The summed E-state index contributed by atoms with van der Waals surface area (Å²) in [6, 6.07) is 8.10. The predicted molar refractivity (Wildman–Crippen MR) is 85.3 cm³/mol. The van der Waals surface area contributed by atoms with Crippen LogP contribution in [0.3, 0.4) is 0 Å². The third kappa shape index (κ3) is 4.33. The molecule has 1 N–H and O–H groups in total. The van der Waals surface area contributed by atoms with Gasteiger partial charge in [0.05, 0.1) is 6.61 Å². The minimum atomic E-state index is 0.0987. The highest BCUT2D eigenvalue weighted by Gasteiger charge is 2.26. The molecule has 1 aliphatic rings. The zero-order valence-corrected chi connectivity index (χ0v) is 12.8. The molecular formula is C17H24N2O2. The fourth-order valence-corrected chi connectivity index (χ4v) is 2.68. The van der Waals surface area contributed by atoms with Gasteiger partial charge < -0.3 is 15.0 Å². The molecule has 0 radical (unpaired) electrons. The second-order valence-corrected chi connectivity index (χ2v) is 5.22. The zero-order valence-electron chi connectivity index (χ0n) is 12.8. The highest BCUT2D eigenvalue weighted by Crippen LogP contribution is 2.18. The zero-order chi connectivity index (χ0) is 15.1. The van der Waals surface area contributed by atoms with Gasteiger partial charge in [-0.1, -0.05) is 12.1 Å². The van der Waals surface area contributed by atoms with Crippen LogP contribution in [0.4, 0.5) is 0 Å². The van der Waals surface area contributed by atoms with Crippen LogP contribution in [0, 0.1) is 0 Å². The molecule has 1 amide bonds. The van der Waals surface area contributed by atoms with Gasteiger partial charge >= 0.3 is 0 Å². The second-order valence-electron chi connectivity index (χ2n) is 5.22. The Kier molecular flexibility index (Phi) is 5.81. The fourth-order valence-electron chi connectivity index (χ4n) is 2.68. The van der Waals surface area contributed by atoms with Gasteiger partial charge in [-0.05, 0) is 50.6 Å². The number of rotatable bonds is 6. The fraction of sp³-hybridized carbons (Fsp3) is 0.471. The molecule has 0 bridgehead atoms. The molecule has 1 aliphatic heterocycles. The highest BCUT2D eigenvalue weighted by molar-refractivity contribution is 5.92. The summed E-state index contributed by atoms with van der Waals surface area (Å²) in [6.45, 7) is 4.35. The largest absolute Gasteiger partial charge is 0.494 e. The van der Waals surface area contributed by atoms with Crippen LogP contribution >= 0.6 is 0 Å². The summed E-state index contributed by atoms with van der Waals surface area (Å²) in [7, 11) is 1.93. The summed E-state index contributed by atoms with van der Waals surface area (Å²) in [4.78, 5) is 14.2. The van der Waals surface area contributed by atoms with E-state index in [9.17, 15) is 4.79 Å². The van der Waals surface area contributed by atoms with Crippen LogP contribution in [-0.2, 0) is 4.79 Å². The lowest BCUT2D eigenvalue weighted by Gasteiger charge is -2.23. The van der Waals surface area contributed by atoms with Crippen LogP contribution < -0.4 is 10.1 Å². The van der Waals surface area contributed by atoms with Crippen molar-refractivity contribution in [3.8, 4) is 5.75 Å². The Hall–Kier alpha value is -1.81. The molecule has 4 heteroatoms. The van der Waals surface area contributed by atoms with E-state index < -0.39 is 0 Å². The number of likely N-dealkylation sites (N-methyl/N-ethyl adjacent to an activating group) is 1. The lowest BCUT2D eigenvalue weighted by molar-refractivity contribution is -0.126. The third-order valence-corrected chi connectivity index (χ3v) is 3.71. The molecule has 0 spiro atoms. The van der Waals surface area contributed by atoms with Crippen molar-refractivity contribution in [2.75, 3.05) is 26.7 Å². The Morgan fingerprint density at radius 1 is 1.43 bits per heavy atom. The topological polar surface area (TPSA) is 41.6 Å². The molecule has 0 saturated carbocycles. The number of benzene rings is 1. The average Bonchev–Trinajstić information content (AvgIpc) is 2.95. The van der Waals surface area contributed by atoms with E-state index in [0.717, 1.165) is 37.2 Å². The van der Waals surface area contributed by atoms with Crippen LogP contribution in [0.25, 0.3) is 6.08 Å². The molecule has 1 aromatic carbocycles. The molecule has 1 aromatic rings. The highest BCUT2D eigenvalue weighted by atomic mass is 16.5. The van der Waals surface area contributed by atoms with Crippen molar-refractivity contribution in [3.05, 3.63) is 35.9 Å². The molecule has 1 fully saturated rings. The number of nitrogens with one attached hydrogen (secondary N) is 1.